The first-order chi connectivity index (χ1) is 13.9. The molecule has 0 saturated carbocycles. The number of halogens is 2. The highest BCUT2D eigenvalue weighted by molar-refractivity contribution is 5.79. The average molecular weight is 401 g/mol. The highest BCUT2D eigenvalue weighted by Crippen LogP contribution is 2.12. The standard InChI is InChI=1S/C22H25F2N3O2/c1-16-5-7-17(8-6-16)15-21(28)26-11-13-27(14-12-26)22(29)25-10-9-18-19(23)3-2-4-20(18)24/h2-8H,9-15H2,1H3,(H,25,29). The second-order valence-corrected chi connectivity index (χ2v) is 7.21. The Hall–Kier alpha value is -2.96. The van der Waals surface area contributed by atoms with Crippen LogP contribution in [0, 0.1) is 18.6 Å². The zero-order valence-electron chi connectivity index (χ0n) is 16.5. The molecule has 7 heteroatoms. The smallest absolute Gasteiger partial charge is 0.317 e. The van der Waals surface area contributed by atoms with Crippen molar-refractivity contribution in [3.05, 3.63) is 70.8 Å². The van der Waals surface area contributed by atoms with Crippen molar-refractivity contribution in [1.82, 2.24) is 15.1 Å². The van der Waals surface area contributed by atoms with Crippen molar-refractivity contribution in [1.29, 1.82) is 0 Å². The van der Waals surface area contributed by atoms with Crippen molar-refractivity contribution >= 4 is 11.9 Å². The van der Waals surface area contributed by atoms with E-state index in [-0.39, 0.29) is 30.5 Å². The van der Waals surface area contributed by atoms with Gasteiger partial charge in [0.1, 0.15) is 11.6 Å². The van der Waals surface area contributed by atoms with E-state index >= 15 is 0 Å². The summed E-state index contributed by atoms with van der Waals surface area (Å²) in [5.41, 5.74) is 2.10. The Morgan fingerprint density at radius 2 is 1.52 bits per heavy atom. The van der Waals surface area contributed by atoms with E-state index in [1.807, 2.05) is 31.2 Å². The highest BCUT2D eigenvalue weighted by atomic mass is 19.1. The first-order valence-electron chi connectivity index (χ1n) is 9.73. The summed E-state index contributed by atoms with van der Waals surface area (Å²) in [6, 6.07) is 11.3. The summed E-state index contributed by atoms with van der Waals surface area (Å²) in [6.07, 6.45) is 0.430. The van der Waals surface area contributed by atoms with Gasteiger partial charge in [-0.3, -0.25) is 4.79 Å². The van der Waals surface area contributed by atoms with Gasteiger partial charge in [-0.25, -0.2) is 13.6 Å². The summed E-state index contributed by atoms with van der Waals surface area (Å²) in [6.45, 7) is 3.95. The van der Waals surface area contributed by atoms with Gasteiger partial charge in [-0.05, 0) is 31.0 Å². The monoisotopic (exact) mass is 401 g/mol. The second-order valence-electron chi connectivity index (χ2n) is 7.21. The number of nitrogens with zero attached hydrogens (tertiary/aromatic N) is 2. The number of nitrogens with one attached hydrogen (secondary N) is 1. The van der Waals surface area contributed by atoms with Crippen LogP contribution in [0.25, 0.3) is 0 Å². The number of carbonyl (C=O) groups excluding carboxylic acids is 2. The summed E-state index contributed by atoms with van der Waals surface area (Å²) >= 11 is 0. The van der Waals surface area contributed by atoms with Gasteiger partial charge in [0.2, 0.25) is 5.91 Å². The molecular weight excluding hydrogens is 376 g/mol. The maximum atomic E-state index is 13.6. The van der Waals surface area contributed by atoms with E-state index in [2.05, 4.69) is 5.32 Å². The number of hydrogen-bond donors (Lipinski definition) is 1. The molecule has 0 radical (unpaired) electrons. The van der Waals surface area contributed by atoms with Gasteiger partial charge in [-0.1, -0.05) is 35.9 Å². The largest absolute Gasteiger partial charge is 0.339 e. The Labute approximate surface area is 169 Å². The summed E-state index contributed by atoms with van der Waals surface area (Å²) in [4.78, 5) is 28.1. The maximum Gasteiger partial charge on any atom is 0.317 e. The maximum absolute atomic E-state index is 13.6. The predicted molar refractivity (Wildman–Crippen MR) is 106 cm³/mol. The molecule has 2 aromatic carbocycles. The molecule has 0 aliphatic carbocycles. The lowest BCUT2D eigenvalue weighted by Gasteiger charge is -2.34. The molecule has 1 aliphatic heterocycles. The molecule has 1 fully saturated rings. The molecule has 0 spiro atoms. The Morgan fingerprint density at radius 3 is 2.14 bits per heavy atom. The minimum atomic E-state index is -0.611. The first kappa shape index (κ1) is 20.8. The predicted octanol–water partition coefficient (Wildman–Crippen LogP) is 2.91. The summed E-state index contributed by atoms with van der Waals surface area (Å²) in [5.74, 6) is -1.18. The first-order valence-corrected chi connectivity index (χ1v) is 9.73. The van der Waals surface area contributed by atoms with E-state index in [9.17, 15) is 18.4 Å². The van der Waals surface area contributed by atoms with Crippen LogP contribution in [0.1, 0.15) is 16.7 Å². The van der Waals surface area contributed by atoms with Gasteiger partial charge in [0.15, 0.2) is 0 Å². The van der Waals surface area contributed by atoms with Crippen LogP contribution >= 0.6 is 0 Å². The van der Waals surface area contributed by atoms with Gasteiger partial charge in [0.25, 0.3) is 0 Å². The molecule has 29 heavy (non-hydrogen) atoms. The van der Waals surface area contributed by atoms with E-state index in [0.29, 0.717) is 32.6 Å². The van der Waals surface area contributed by atoms with E-state index in [1.165, 1.54) is 18.2 Å². The van der Waals surface area contributed by atoms with E-state index < -0.39 is 11.6 Å². The fraction of sp³-hybridized carbons (Fsp3) is 0.364. The summed E-state index contributed by atoms with van der Waals surface area (Å²) in [7, 11) is 0. The molecule has 0 aromatic heterocycles. The van der Waals surface area contributed by atoms with Crippen LogP contribution in [-0.2, 0) is 17.6 Å². The number of rotatable bonds is 5. The third kappa shape index (κ3) is 5.53. The van der Waals surface area contributed by atoms with E-state index in [4.69, 9.17) is 0 Å². The molecule has 0 bridgehead atoms. The Morgan fingerprint density at radius 1 is 0.931 bits per heavy atom. The molecule has 1 N–H and O–H groups in total. The lowest BCUT2D eigenvalue weighted by atomic mass is 10.1. The van der Waals surface area contributed by atoms with Gasteiger partial charge in [-0.15, -0.1) is 0 Å². The molecule has 0 atom stereocenters. The zero-order chi connectivity index (χ0) is 20.8. The number of piperazine rings is 1. The van der Waals surface area contributed by atoms with Crippen LogP contribution in [0.4, 0.5) is 13.6 Å². The minimum absolute atomic E-state index is 0.0284. The van der Waals surface area contributed by atoms with Crippen LogP contribution in [0.2, 0.25) is 0 Å². The molecule has 3 amide bonds. The van der Waals surface area contributed by atoms with Crippen molar-refractivity contribution < 1.29 is 18.4 Å². The number of urea groups is 1. The molecule has 5 nitrogen and oxygen atoms in total. The molecule has 3 rings (SSSR count). The molecule has 154 valence electrons. The number of amides is 3. The molecule has 1 heterocycles. The van der Waals surface area contributed by atoms with Crippen LogP contribution in [-0.4, -0.2) is 54.5 Å². The number of aryl methyl sites for hydroxylation is 1. The van der Waals surface area contributed by atoms with E-state index in [1.54, 1.807) is 9.80 Å². The molecular formula is C22H25F2N3O2. The summed E-state index contributed by atoms with van der Waals surface area (Å²) in [5, 5.41) is 2.69. The number of hydrogen-bond acceptors (Lipinski definition) is 2. The summed E-state index contributed by atoms with van der Waals surface area (Å²) < 4.78 is 27.2. The van der Waals surface area contributed by atoms with Crippen LogP contribution < -0.4 is 5.32 Å². The third-order valence-corrected chi connectivity index (χ3v) is 5.11. The zero-order valence-corrected chi connectivity index (χ0v) is 16.5. The fourth-order valence-electron chi connectivity index (χ4n) is 3.33. The normalized spacial score (nSPS) is 14.0. The van der Waals surface area contributed by atoms with Crippen molar-refractivity contribution in [2.24, 2.45) is 0 Å². The highest BCUT2D eigenvalue weighted by Gasteiger charge is 2.24. The second kappa shape index (κ2) is 9.49. The van der Waals surface area contributed by atoms with Crippen molar-refractivity contribution in [3.8, 4) is 0 Å². The van der Waals surface area contributed by atoms with Crippen LogP contribution in [0.3, 0.4) is 0 Å². The van der Waals surface area contributed by atoms with Gasteiger partial charge in [0.05, 0.1) is 6.42 Å². The van der Waals surface area contributed by atoms with Gasteiger partial charge >= 0.3 is 6.03 Å². The molecule has 0 unspecified atom stereocenters. The SMILES string of the molecule is Cc1ccc(CC(=O)N2CCN(C(=O)NCCc3c(F)cccc3F)CC2)cc1. The Balaban J connectivity index is 1.42. The van der Waals surface area contributed by atoms with Gasteiger partial charge in [0, 0.05) is 38.3 Å². The quantitative estimate of drug-likeness (QED) is 0.838. The Kier molecular flexibility index (Phi) is 6.80. The van der Waals surface area contributed by atoms with Crippen molar-refractivity contribution in [2.45, 2.75) is 19.8 Å². The fourth-order valence-corrected chi connectivity index (χ4v) is 3.33. The Bertz CT molecular complexity index is 843. The minimum Gasteiger partial charge on any atom is -0.339 e. The van der Waals surface area contributed by atoms with Gasteiger partial charge in [-0.2, -0.15) is 0 Å². The van der Waals surface area contributed by atoms with Gasteiger partial charge < -0.3 is 15.1 Å². The molecule has 1 aliphatic rings. The third-order valence-electron chi connectivity index (χ3n) is 5.11. The lowest BCUT2D eigenvalue weighted by Crippen LogP contribution is -2.53. The van der Waals surface area contributed by atoms with E-state index in [0.717, 1.165) is 11.1 Å². The molecule has 1 saturated heterocycles. The topological polar surface area (TPSA) is 52.7 Å². The van der Waals surface area contributed by atoms with Crippen molar-refractivity contribution in [3.63, 3.8) is 0 Å². The number of benzene rings is 2. The molecule has 2 aromatic rings. The van der Waals surface area contributed by atoms with Crippen LogP contribution in [0.5, 0.6) is 0 Å². The average Bonchev–Trinajstić information content (AvgIpc) is 2.72. The number of carbonyl (C=O) groups is 2. The van der Waals surface area contributed by atoms with Crippen LogP contribution in [0.15, 0.2) is 42.5 Å². The lowest BCUT2D eigenvalue weighted by molar-refractivity contribution is -0.131. The van der Waals surface area contributed by atoms with Crippen molar-refractivity contribution in [2.75, 3.05) is 32.7 Å².